The first-order chi connectivity index (χ1) is 11.9. The molecule has 0 saturated carbocycles. The molecular weight excluding hydrogens is 357 g/mol. The van der Waals surface area contributed by atoms with Crippen LogP contribution in [0.1, 0.15) is 0 Å². The van der Waals surface area contributed by atoms with Crippen LogP contribution in [0.15, 0.2) is 66.9 Å². The summed E-state index contributed by atoms with van der Waals surface area (Å²) in [5.74, 6) is 1.53. The number of imidazole rings is 2. The Morgan fingerprint density at radius 2 is 1.24 bits per heavy atom. The van der Waals surface area contributed by atoms with Gasteiger partial charge in [-0.2, -0.15) is 0 Å². The van der Waals surface area contributed by atoms with Crippen molar-refractivity contribution in [2.45, 2.75) is 0 Å². The van der Waals surface area contributed by atoms with E-state index in [1.54, 1.807) is 6.20 Å². The van der Waals surface area contributed by atoms with E-state index >= 15 is 0 Å². The first-order valence-electron chi connectivity index (χ1n) is 7.74. The SMILES string of the molecule is [Co].c1cnc(-c2nc3ccccc3[nH]2)c(-c2nc3ccccc3[nH]2)c1. The molecule has 0 amide bonds. The number of H-pyrrole nitrogens is 2. The molecule has 5 nitrogen and oxygen atoms in total. The Hall–Kier alpha value is -2.96. The van der Waals surface area contributed by atoms with Crippen LogP contribution in [0.2, 0.25) is 0 Å². The van der Waals surface area contributed by atoms with Gasteiger partial charge >= 0.3 is 0 Å². The van der Waals surface area contributed by atoms with Gasteiger partial charge in [0.25, 0.3) is 0 Å². The number of hydrogen-bond acceptors (Lipinski definition) is 3. The Labute approximate surface area is 153 Å². The predicted octanol–water partition coefficient (Wildman–Crippen LogP) is 4.17. The van der Waals surface area contributed by atoms with Gasteiger partial charge < -0.3 is 9.97 Å². The van der Waals surface area contributed by atoms with Gasteiger partial charge in [0.2, 0.25) is 0 Å². The van der Waals surface area contributed by atoms with Crippen molar-refractivity contribution in [3.8, 4) is 22.9 Å². The van der Waals surface area contributed by atoms with Gasteiger partial charge in [-0.15, -0.1) is 0 Å². The van der Waals surface area contributed by atoms with Crippen molar-refractivity contribution in [1.29, 1.82) is 0 Å². The molecule has 5 rings (SSSR count). The minimum atomic E-state index is 0. The van der Waals surface area contributed by atoms with Crippen molar-refractivity contribution >= 4 is 22.1 Å². The minimum absolute atomic E-state index is 0. The summed E-state index contributed by atoms with van der Waals surface area (Å²) in [4.78, 5) is 20.6. The maximum atomic E-state index is 4.69. The summed E-state index contributed by atoms with van der Waals surface area (Å²) in [7, 11) is 0. The number of hydrogen-bond donors (Lipinski definition) is 2. The number of pyridine rings is 1. The van der Waals surface area contributed by atoms with Crippen LogP contribution in [0.25, 0.3) is 45.0 Å². The van der Waals surface area contributed by atoms with Gasteiger partial charge in [0.05, 0.1) is 22.1 Å². The summed E-state index contributed by atoms with van der Waals surface area (Å²) in [5.41, 5.74) is 5.57. The molecule has 0 spiro atoms. The molecule has 0 atom stereocenters. The molecule has 0 saturated heterocycles. The third kappa shape index (κ3) is 2.61. The molecule has 0 bridgehead atoms. The van der Waals surface area contributed by atoms with E-state index < -0.39 is 0 Å². The third-order valence-electron chi connectivity index (χ3n) is 4.07. The molecule has 0 unspecified atom stereocenters. The fourth-order valence-electron chi connectivity index (χ4n) is 2.93. The minimum Gasteiger partial charge on any atom is -0.338 e. The zero-order chi connectivity index (χ0) is 15.9. The van der Waals surface area contributed by atoms with E-state index in [-0.39, 0.29) is 16.8 Å². The smallest absolute Gasteiger partial charge is 0.157 e. The normalized spacial score (nSPS) is 10.9. The summed E-state index contributed by atoms with van der Waals surface area (Å²) in [6, 6.07) is 19.9. The molecule has 0 aliphatic carbocycles. The monoisotopic (exact) mass is 370 g/mol. The van der Waals surface area contributed by atoms with E-state index in [1.165, 1.54) is 0 Å². The first-order valence-corrected chi connectivity index (χ1v) is 7.74. The predicted molar refractivity (Wildman–Crippen MR) is 94.4 cm³/mol. The number of nitrogens with one attached hydrogen (secondary N) is 2. The third-order valence-corrected chi connectivity index (χ3v) is 4.07. The Kier molecular flexibility index (Phi) is 3.83. The number of aromatic amines is 2. The molecular formula is C19H13CoN5. The second kappa shape index (κ2) is 6.16. The number of aromatic nitrogens is 5. The Balaban J connectivity index is 0.00000157. The maximum Gasteiger partial charge on any atom is 0.157 e. The van der Waals surface area contributed by atoms with Crippen LogP contribution in [0, 0.1) is 0 Å². The standard InChI is InChI=1S/C19H13N5.Co/c1-2-8-14-13(7-1)21-18(22-14)12-6-5-11-20-17(12)19-23-15-9-3-4-10-16(15)24-19;/h1-11H,(H,21,22)(H,23,24);. The summed E-state index contributed by atoms with van der Waals surface area (Å²) in [6.45, 7) is 0. The van der Waals surface area contributed by atoms with Crippen LogP contribution in [0.4, 0.5) is 0 Å². The molecule has 5 aromatic rings. The van der Waals surface area contributed by atoms with Gasteiger partial charge in [-0.3, -0.25) is 4.98 Å². The quantitative estimate of drug-likeness (QED) is 0.490. The summed E-state index contributed by atoms with van der Waals surface area (Å²) in [6.07, 6.45) is 1.77. The van der Waals surface area contributed by atoms with Gasteiger partial charge in [-0.05, 0) is 36.4 Å². The zero-order valence-electron chi connectivity index (χ0n) is 13.0. The molecule has 2 aromatic carbocycles. The Morgan fingerprint density at radius 1 is 0.640 bits per heavy atom. The van der Waals surface area contributed by atoms with Crippen molar-refractivity contribution in [1.82, 2.24) is 24.9 Å². The van der Waals surface area contributed by atoms with E-state index in [4.69, 9.17) is 0 Å². The van der Waals surface area contributed by atoms with Crippen molar-refractivity contribution in [2.75, 3.05) is 0 Å². The number of benzene rings is 2. The van der Waals surface area contributed by atoms with Gasteiger partial charge in [0.1, 0.15) is 11.5 Å². The van der Waals surface area contributed by atoms with Crippen molar-refractivity contribution < 1.29 is 16.8 Å². The molecule has 3 aromatic heterocycles. The molecule has 3 heterocycles. The Bertz CT molecular complexity index is 1020. The van der Waals surface area contributed by atoms with Crippen LogP contribution in [-0.4, -0.2) is 24.9 Å². The van der Waals surface area contributed by atoms with Crippen LogP contribution in [0.5, 0.6) is 0 Å². The van der Waals surface area contributed by atoms with Gasteiger partial charge in [-0.25, -0.2) is 9.97 Å². The van der Waals surface area contributed by atoms with E-state index in [2.05, 4.69) is 24.9 Å². The molecule has 123 valence electrons. The van der Waals surface area contributed by atoms with Crippen LogP contribution in [-0.2, 0) is 16.8 Å². The van der Waals surface area contributed by atoms with Crippen molar-refractivity contribution in [3.05, 3.63) is 66.9 Å². The van der Waals surface area contributed by atoms with E-state index in [0.29, 0.717) is 0 Å². The molecule has 25 heavy (non-hydrogen) atoms. The second-order valence-electron chi connectivity index (χ2n) is 5.60. The zero-order valence-corrected chi connectivity index (χ0v) is 14.1. The van der Waals surface area contributed by atoms with E-state index in [9.17, 15) is 0 Å². The summed E-state index contributed by atoms with van der Waals surface area (Å²) >= 11 is 0. The summed E-state index contributed by atoms with van der Waals surface area (Å²) in [5, 5.41) is 0. The second-order valence-corrected chi connectivity index (χ2v) is 5.60. The molecule has 0 fully saturated rings. The number of nitrogens with zero attached hydrogens (tertiary/aromatic N) is 3. The average molecular weight is 370 g/mol. The molecule has 2 N–H and O–H groups in total. The fraction of sp³-hybridized carbons (Fsp3) is 0. The largest absolute Gasteiger partial charge is 0.338 e. The maximum absolute atomic E-state index is 4.69. The average Bonchev–Trinajstić information content (AvgIpc) is 3.25. The van der Waals surface area contributed by atoms with E-state index in [1.807, 2.05) is 60.7 Å². The fourth-order valence-corrected chi connectivity index (χ4v) is 2.93. The molecule has 0 aliphatic rings. The van der Waals surface area contributed by atoms with Gasteiger partial charge in [-0.1, -0.05) is 24.3 Å². The van der Waals surface area contributed by atoms with Crippen molar-refractivity contribution in [2.24, 2.45) is 0 Å². The molecule has 0 aliphatic heterocycles. The number of fused-ring (bicyclic) bond motifs is 2. The van der Waals surface area contributed by atoms with Crippen molar-refractivity contribution in [3.63, 3.8) is 0 Å². The van der Waals surface area contributed by atoms with Gasteiger partial charge in [0, 0.05) is 28.5 Å². The van der Waals surface area contributed by atoms with Crippen LogP contribution in [0.3, 0.4) is 0 Å². The number of rotatable bonds is 2. The first kappa shape index (κ1) is 15.6. The van der Waals surface area contributed by atoms with Crippen LogP contribution < -0.4 is 0 Å². The van der Waals surface area contributed by atoms with Crippen LogP contribution >= 0.6 is 0 Å². The topological polar surface area (TPSA) is 70.2 Å². The number of para-hydroxylation sites is 4. The molecule has 6 heteroatoms. The van der Waals surface area contributed by atoms with E-state index in [0.717, 1.165) is 45.0 Å². The summed E-state index contributed by atoms with van der Waals surface area (Å²) < 4.78 is 0. The Morgan fingerprint density at radius 3 is 1.92 bits per heavy atom. The molecule has 1 radical (unpaired) electrons. The van der Waals surface area contributed by atoms with Gasteiger partial charge in [0.15, 0.2) is 5.82 Å².